The molecule has 11 aromatic rings. The van der Waals surface area contributed by atoms with Crippen LogP contribution >= 0.6 is 0 Å². The molecule has 0 N–H and O–H groups in total. The third-order valence-electron chi connectivity index (χ3n) is 14.0. The van der Waals surface area contributed by atoms with Crippen molar-refractivity contribution in [3.8, 4) is 33.4 Å². The van der Waals surface area contributed by atoms with Gasteiger partial charge in [0.2, 0.25) is 0 Å². The maximum atomic E-state index is 6.35. The fourth-order valence-electron chi connectivity index (χ4n) is 10.9. The molecule has 0 aliphatic heterocycles. The van der Waals surface area contributed by atoms with E-state index in [2.05, 4.69) is 219 Å². The van der Waals surface area contributed by atoms with Crippen molar-refractivity contribution in [3.05, 3.63) is 228 Å². The molecule has 3 heteroatoms. The Kier molecular flexibility index (Phi) is 8.08. The van der Waals surface area contributed by atoms with Crippen molar-refractivity contribution >= 4 is 67.0 Å². The van der Waals surface area contributed by atoms with Crippen molar-refractivity contribution in [2.45, 2.75) is 31.6 Å². The third kappa shape index (κ3) is 5.60. The molecular weight excluding hydrogens is 779 g/mol. The van der Waals surface area contributed by atoms with E-state index in [-0.39, 0.29) is 11.3 Å². The molecule has 13 rings (SSSR count). The predicted octanol–water partition coefficient (Wildman–Crippen LogP) is 16.9. The number of hydrogen-bond donors (Lipinski definition) is 0. The first-order chi connectivity index (χ1) is 31.5. The Morgan fingerprint density at radius 2 is 1.17 bits per heavy atom. The molecule has 1 atom stereocenters. The number of para-hydroxylation sites is 2. The number of nitrogens with zero attached hydrogens (tertiary/aromatic N) is 1. The average molecular weight is 822 g/mol. The summed E-state index contributed by atoms with van der Waals surface area (Å²) in [5.74, 6) is 0.214. The molecule has 0 spiro atoms. The summed E-state index contributed by atoms with van der Waals surface area (Å²) in [5.41, 5.74) is 20.8. The minimum Gasteiger partial charge on any atom is -0.456 e. The molecule has 2 aliphatic carbocycles. The van der Waals surface area contributed by atoms with Gasteiger partial charge in [-0.15, -0.1) is 0 Å². The standard InChI is InChI=1S/C61H43NO2/c1-61(2)52-21-9-6-19-47(52)60-53(61)22-13-23-54(60)62(44-30-33-57-51(37-44)46-18-7-10-24-55(46)63-57)43-17-12-16-42(34-43)45-31-28-41(35-49(45)38-14-4-3-5-15-38)40-27-26-39-29-32-58-59(50(39)36-40)48-20-8-11-25-56(48)64-58/h3-35,37,40H,36H2,1-2H3. The van der Waals surface area contributed by atoms with Crippen LogP contribution in [0.2, 0.25) is 0 Å². The van der Waals surface area contributed by atoms with E-state index in [4.69, 9.17) is 8.83 Å². The van der Waals surface area contributed by atoms with Gasteiger partial charge in [-0.1, -0.05) is 159 Å². The maximum Gasteiger partial charge on any atom is 0.135 e. The van der Waals surface area contributed by atoms with Crippen LogP contribution in [0.1, 0.15) is 47.6 Å². The SMILES string of the molecule is CC1(C)c2ccccc2-c2c(N(c3cccc(-c4ccc(C5C=Cc6ccc7oc8ccccc8c7c6C5)cc4-c4ccccc4)c3)c3ccc4oc5ccccc5c4c3)cccc21. The zero-order valence-electron chi connectivity index (χ0n) is 35.7. The second kappa shape index (κ2) is 14.1. The summed E-state index contributed by atoms with van der Waals surface area (Å²) in [6, 6.07) is 70.6. The summed E-state index contributed by atoms with van der Waals surface area (Å²) >= 11 is 0. The van der Waals surface area contributed by atoms with Gasteiger partial charge in [0.1, 0.15) is 22.3 Å². The van der Waals surface area contributed by atoms with Crippen molar-refractivity contribution in [2.24, 2.45) is 0 Å². The Bertz CT molecular complexity index is 3700. The molecule has 64 heavy (non-hydrogen) atoms. The first-order valence-corrected chi connectivity index (χ1v) is 22.3. The summed E-state index contributed by atoms with van der Waals surface area (Å²) in [5, 5.41) is 4.64. The van der Waals surface area contributed by atoms with Crippen LogP contribution in [-0.2, 0) is 11.8 Å². The van der Waals surface area contributed by atoms with Gasteiger partial charge in [-0.05, 0) is 123 Å². The average Bonchev–Trinajstić information content (AvgIpc) is 3.99. The third-order valence-corrected chi connectivity index (χ3v) is 14.0. The Hall–Kier alpha value is -7.88. The van der Waals surface area contributed by atoms with Crippen LogP contribution in [0.4, 0.5) is 17.1 Å². The van der Waals surface area contributed by atoms with Crippen LogP contribution in [0.5, 0.6) is 0 Å². The van der Waals surface area contributed by atoms with Gasteiger partial charge in [0.05, 0.1) is 5.69 Å². The summed E-state index contributed by atoms with van der Waals surface area (Å²) in [4.78, 5) is 2.46. The van der Waals surface area contributed by atoms with Gasteiger partial charge in [0, 0.05) is 49.8 Å². The number of allylic oxidation sites excluding steroid dienone is 1. The van der Waals surface area contributed by atoms with Crippen LogP contribution in [0.3, 0.4) is 0 Å². The second-order valence-corrected chi connectivity index (χ2v) is 18.0. The maximum absolute atomic E-state index is 6.35. The lowest BCUT2D eigenvalue weighted by Gasteiger charge is -2.29. The Morgan fingerprint density at radius 1 is 0.484 bits per heavy atom. The second-order valence-electron chi connectivity index (χ2n) is 18.0. The fourth-order valence-corrected chi connectivity index (χ4v) is 10.9. The zero-order chi connectivity index (χ0) is 42.5. The summed E-state index contributed by atoms with van der Waals surface area (Å²) in [6.45, 7) is 4.71. The Balaban J connectivity index is 0.971. The van der Waals surface area contributed by atoms with Crippen LogP contribution in [0.15, 0.2) is 209 Å². The van der Waals surface area contributed by atoms with Gasteiger partial charge in [-0.2, -0.15) is 0 Å². The van der Waals surface area contributed by atoms with E-state index in [0.717, 1.165) is 62.2 Å². The smallest absolute Gasteiger partial charge is 0.135 e. The molecule has 1 unspecified atom stereocenters. The van der Waals surface area contributed by atoms with Crippen molar-refractivity contribution < 1.29 is 8.83 Å². The van der Waals surface area contributed by atoms with Crippen molar-refractivity contribution in [2.75, 3.05) is 4.90 Å². The number of benzene rings is 9. The summed E-state index contributed by atoms with van der Waals surface area (Å²) in [7, 11) is 0. The number of hydrogen-bond acceptors (Lipinski definition) is 3. The van der Waals surface area contributed by atoms with Crippen LogP contribution in [0.25, 0.3) is 83.3 Å². The zero-order valence-corrected chi connectivity index (χ0v) is 35.7. The minimum absolute atomic E-state index is 0.138. The topological polar surface area (TPSA) is 29.5 Å². The molecule has 3 nitrogen and oxygen atoms in total. The highest BCUT2D eigenvalue weighted by molar-refractivity contribution is 6.09. The highest BCUT2D eigenvalue weighted by atomic mass is 16.3. The first kappa shape index (κ1) is 36.7. The van der Waals surface area contributed by atoms with Crippen LogP contribution in [0, 0.1) is 0 Å². The first-order valence-electron chi connectivity index (χ1n) is 22.3. The van der Waals surface area contributed by atoms with Gasteiger partial charge in [-0.25, -0.2) is 0 Å². The number of fused-ring (bicyclic) bond motifs is 11. The van der Waals surface area contributed by atoms with Gasteiger partial charge in [-0.3, -0.25) is 0 Å². The molecule has 2 heterocycles. The van der Waals surface area contributed by atoms with E-state index in [0.29, 0.717) is 0 Å². The molecule has 0 fully saturated rings. The van der Waals surface area contributed by atoms with E-state index in [1.165, 1.54) is 66.4 Å². The molecule has 2 aliphatic rings. The number of rotatable bonds is 6. The summed E-state index contributed by atoms with van der Waals surface area (Å²) in [6.07, 6.45) is 5.60. The number of furan rings is 2. The Labute approximate surface area is 372 Å². The van der Waals surface area contributed by atoms with E-state index >= 15 is 0 Å². The molecule has 0 amide bonds. The lowest BCUT2D eigenvalue weighted by atomic mass is 9.81. The van der Waals surface area contributed by atoms with Gasteiger partial charge >= 0.3 is 0 Å². The van der Waals surface area contributed by atoms with Crippen molar-refractivity contribution in [1.29, 1.82) is 0 Å². The van der Waals surface area contributed by atoms with Gasteiger partial charge in [0.25, 0.3) is 0 Å². The van der Waals surface area contributed by atoms with Crippen LogP contribution in [-0.4, -0.2) is 0 Å². The largest absolute Gasteiger partial charge is 0.456 e. The predicted molar refractivity (Wildman–Crippen MR) is 266 cm³/mol. The fraction of sp³-hybridized carbons (Fsp3) is 0.0820. The molecule has 0 saturated heterocycles. The number of anilines is 3. The molecule has 2 aromatic heterocycles. The monoisotopic (exact) mass is 821 g/mol. The summed E-state index contributed by atoms with van der Waals surface area (Å²) < 4.78 is 12.7. The van der Waals surface area contributed by atoms with Gasteiger partial charge < -0.3 is 13.7 Å². The van der Waals surface area contributed by atoms with Gasteiger partial charge in [0.15, 0.2) is 0 Å². The highest BCUT2D eigenvalue weighted by Crippen LogP contribution is 2.55. The normalized spacial score (nSPS) is 14.9. The van der Waals surface area contributed by atoms with E-state index < -0.39 is 0 Å². The molecule has 0 bridgehead atoms. The highest BCUT2D eigenvalue weighted by Gasteiger charge is 2.38. The van der Waals surface area contributed by atoms with E-state index in [1.54, 1.807) is 0 Å². The van der Waals surface area contributed by atoms with Crippen molar-refractivity contribution in [3.63, 3.8) is 0 Å². The van der Waals surface area contributed by atoms with E-state index in [9.17, 15) is 0 Å². The minimum atomic E-state index is -0.138. The Morgan fingerprint density at radius 3 is 2.06 bits per heavy atom. The van der Waals surface area contributed by atoms with Crippen LogP contribution < -0.4 is 4.90 Å². The molecule has 0 saturated carbocycles. The molecular formula is C61H43NO2. The molecule has 304 valence electrons. The van der Waals surface area contributed by atoms with E-state index in [1.807, 2.05) is 6.07 Å². The molecule has 0 radical (unpaired) electrons. The van der Waals surface area contributed by atoms with Crippen molar-refractivity contribution in [1.82, 2.24) is 0 Å². The lowest BCUT2D eigenvalue weighted by molar-refractivity contribution is 0.660. The quantitative estimate of drug-likeness (QED) is 0.167. The molecule has 9 aromatic carbocycles. The lowest BCUT2D eigenvalue weighted by Crippen LogP contribution is -2.16.